The van der Waals surface area contributed by atoms with Crippen LogP contribution < -0.4 is 0 Å². The number of sulfonamides is 1. The molecule has 4 nitrogen and oxygen atoms in total. The summed E-state index contributed by atoms with van der Waals surface area (Å²) in [5, 5.41) is 2.18. The Bertz CT molecular complexity index is 670. The zero-order valence-electron chi connectivity index (χ0n) is 9.88. The number of rotatable bonds is 4. The fourth-order valence-corrected chi connectivity index (χ4v) is 4.23. The lowest BCUT2D eigenvalue weighted by Crippen LogP contribution is -2.26. The van der Waals surface area contributed by atoms with Crippen molar-refractivity contribution in [1.82, 2.24) is 9.29 Å². The minimum absolute atomic E-state index is 0.134. The van der Waals surface area contributed by atoms with E-state index in [0.29, 0.717) is 6.54 Å². The van der Waals surface area contributed by atoms with Gasteiger partial charge in [0.15, 0.2) is 0 Å². The Hall–Kier alpha value is -0.470. The van der Waals surface area contributed by atoms with Gasteiger partial charge in [0, 0.05) is 34.5 Å². The van der Waals surface area contributed by atoms with Crippen molar-refractivity contribution in [3.63, 3.8) is 0 Å². The first-order valence-corrected chi connectivity index (χ1v) is 8.69. The molecule has 0 aliphatic carbocycles. The van der Waals surface area contributed by atoms with Crippen LogP contribution in [-0.4, -0.2) is 24.8 Å². The average molecular weight is 382 g/mol. The molecule has 0 spiro atoms. The minimum Gasteiger partial charge on any atom is -0.243 e. The van der Waals surface area contributed by atoms with Crippen molar-refractivity contribution < 1.29 is 8.42 Å². The molecule has 0 atom stereocenters. The number of pyridine rings is 1. The van der Waals surface area contributed by atoms with E-state index < -0.39 is 10.0 Å². The molecule has 0 bridgehead atoms. The summed E-state index contributed by atoms with van der Waals surface area (Å²) in [6.07, 6.45) is 1.26. The van der Waals surface area contributed by atoms with E-state index in [-0.39, 0.29) is 10.0 Å². The third kappa shape index (κ3) is 3.55. The van der Waals surface area contributed by atoms with Crippen LogP contribution in [0.25, 0.3) is 0 Å². The second-order valence-electron chi connectivity index (χ2n) is 3.81. The summed E-state index contributed by atoms with van der Waals surface area (Å²) in [6.45, 7) is 0.321. The fourth-order valence-electron chi connectivity index (χ4n) is 1.44. The van der Waals surface area contributed by atoms with Crippen LogP contribution in [0.15, 0.2) is 39.1 Å². The van der Waals surface area contributed by atoms with Crippen molar-refractivity contribution >= 4 is 48.9 Å². The molecule has 8 heteroatoms. The zero-order chi connectivity index (χ0) is 14.0. The first-order valence-electron chi connectivity index (χ1n) is 5.20. The number of hydrogen-bond donors (Lipinski definition) is 0. The number of aromatic nitrogens is 1. The van der Waals surface area contributed by atoms with Crippen molar-refractivity contribution in [1.29, 1.82) is 0 Å². The molecule has 0 aromatic carbocycles. The zero-order valence-corrected chi connectivity index (χ0v) is 13.9. The number of halogens is 2. The first kappa shape index (κ1) is 14.9. The molecule has 2 aromatic rings. The van der Waals surface area contributed by atoms with Crippen molar-refractivity contribution in [2.75, 3.05) is 7.05 Å². The van der Waals surface area contributed by atoms with Crippen LogP contribution >= 0.6 is 38.9 Å². The van der Waals surface area contributed by atoms with Crippen LogP contribution in [0.3, 0.4) is 0 Å². The summed E-state index contributed by atoms with van der Waals surface area (Å²) in [4.78, 5) is 4.89. The van der Waals surface area contributed by atoms with Gasteiger partial charge in [-0.25, -0.2) is 13.4 Å². The van der Waals surface area contributed by atoms with Gasteiger partial charge in [-0.1, -0.05) is 11.6 Å². The summed E-state index contributed by atoms with van der Waals surface area (Å²) in [5.74, 6) is 0. The predicted octanol–water partition coefficient (Wildman–Crippen LogP) is 3.38. The maximum atomic E-state index is 12.3. The molecule has 0 radical (unpaired) electrons. The second-order valence-corrected chi connectivity index (χ2v) is 8.15. The van der Waals surface area contributed by atoms with Gasteiger partial charge in [-0.05, 0) is 34.1 Å². The smallest absolute Gasteiger partial charge is 0.243 e. The van der Waals surface area contributed by atoms with Crippen LogP contribution in [-0.2, 0) is 16.6 Å². The van der Waals surface area contributed by atoms with Crippen LogP contribution in [0.5, 0.6) is 0 Å². The molecule has 102 valence electrons. The summed E-state index contributed by atoms with van der Waals surface area (Å²) < 4.78 is 26.8. The quantitative estimate of drug-likeness (QED) is 0.763. The monoisotopic (exact) mass is 380 g/mol. The number of thiophene rings is 1. The van der Waals surface area contributed by atoms with Gasteiger partial charge in [0.2, 0.25) is 10.0 Å². The largest absolute Gasteiger partial charge is 0.244 e. The van der Waals surface area contributed by atoms with Gasteiger partial charge in [0.1, 0.15) is 10.0 Å². The highest BCUT2D eigenvalue weighted by Gasteiger charge is 2.21. The maximum absolute atomic E-state index is 12.3. The normalized spacial score (nSPS) is 12.0. The fraction of sp³-hybridized carbons (Fsp3) is 0.182. The minimum atomic E-state index is -3.54. The van der Waals surface area contributed by atoms with E-state index in [1.165, 1.54) is 41.0 Å². The standard InChI is InChI=1S/C11H10BrClN2O2S2/c1-15(6-9-4-8(12)7-18-9)19(16,17)10-2-3-11(13)14-5-10/h2-5,7H,6H2,1H3. The Labute approximate surface area is 129 Å². The Morgan fingerprint density at radius 1 is 1.47 bits per heavy atom. The molecular weight excluding hydrogens is 372 g/mol. The van der Waals surface area contributed by atoms with E-state index in [4.69, 9.17) is 11.6 Å². The van der Waals surface area contributed by atoms with Gasteiger partial charge in [0.25, 0.3) is 0 Å². The van der Waals surface area contributed by atoms with E-state index in [2.05, 4.69) is 20.9 Å². The maximum Gasteiger partial charge on any atom is 0.244 e. The van der Waals surface area contributed by atoms with Crippen LogP contribution in [0.1, 0.15) is 4.88 Å². The Balaban J connectivity index is 2.21. The number of nitrogens with zero attached hydrogens (tertiary/aromatic N) is 2. The molecule has 0 unspecified atom stereocenters. The molecule has 0 N–H and O–H groups in total. The molecule has 0 saturated heterocycles. The summed E-state index contributed by atoms with van der Waals surface area (Å²) in [6, 6.07) is 4.81. The molecule has 2 heterocycles. The van der Waals surface area contributed by atoms with Crippen molar-refractivity contribution in [3.05, 3.63) is 44.3 Å². The van der Waals surface area contributed by atoms with Crippen LogP contribution in [0.4, 0.5) is 0 Å². The first-order chi connectivity index (χ1) is 8.89. The highest BCUT2D eigenvalue weighted by molar-refractivity contribution is 9.10. The Kier molecular flexibility index (Phi) is 4.62. The molecule has 0 aliphatic rings. The molecule has 0 amide bonds. The molecular formula is C11H10BrClN2O2S2. The van der Waals surface area contributed by atoms with Gasteiger partial charge < -0.3 is 0 Å². The van der Waals surface area contributed by atoms with Gasteiger partial charge >= 0.3 is 0 Å². The topological polar surface area (TPSA) is 50.3 Å². The average Bonchev–Trinajstić information content (AvgIpc) is 2.75. The number of hydrogen-bond acceptors (Lipinski definition) is 4. The SMILES string of the molecule is CN(Cc1cc(Br)cs1)S(=O)(=O)c1ccc(Cl)nc1. The van der Waals surface area contributed by atoms with Crippen LogP contribution in [0, 0.1) is 0 Å². The Morgan fingerprint density at radius 3 is 2.74 bits per heavy atom. The lowest BCUT2D eigenvalue weighted by Gasteiger charge is -2.16. The molecule has 2 aromatic heterocycles. The Morgan fingerprint density at radius 2 is 2.21 bits per heavy atom. The lowest BCUT2D eigenvalue weighted by molar-refractivity contribution is 0.469. The van der Waals surface area contributed by atoms with E-state index in [9.17, 15) is 8.42 Å². The highest BCUT2D eigenvalue weighted by atomic mass is 79.9. The molecule has 2 rings (SSSR count). The van der Waals surface area contributed by atoms with E-state index in [1.54, 1.807) is 0 Å². The molecule has 19 heavy (non-hydrogen) atoms. The predicted molar refractivity (Wildman–Crippen MR) is 79.9 cm³/mol. The van der Waals surface area contributed by atoms with E-state index in [0.717, 1.165) is 9.35 Å². The van der Waals surface area contributed by atoms with Crippen molar-refractivity contribution in [2.24, 2.45) is 0 Å². The van der Waals surface area contributed by atoms with Gasteiger partial charge in [-0.2, -0.15) is 4.31 Å². The van der Waals surface area contributed by atoms with Crippen LogP contribution in [0.2, 0.25) is 5.15 Å². The summed E-state index contributed by atoms with van der Waals surface area (Å²) in [7, 11) is -2.00. The van der Waals surface area contributed by atoms with Gasteiger partial charge in [-0.15, -0.1) is 11.3 Å². The van der Waals surface area contributed by atoms with E-state index >= 15 is 0 Å². The third-order valence-corrected chi connectivity index (χ3v) is 6.10. The molecule has 0 fully saturated rings. The lowest BCUT2D eigenvalue weighted by atomic mass is 10.5. The molecule has 0 saturated carbocycles. The van der Waals surface area contributed by atoms with Gasteiger partial charge in [-0.3, -0.25) is 0 Å². The van der Waals surface area contributed by atoms with E-state index in [1.807, 2.05) is 11.4 Å². The third-order valence-electron chi connectivity index (χ3n) is 2.41. The second kappa shape index (κ2) is 5.88. The van der Waals surface area contributed by atoms with Crippen molar-refractivity contribution in [3.8, 4) is 0 Å². The summed E-state index contributed by atoms with van der Waals surface area (Å²) >= 11 is 10.5. The molecule has 0 aliphatic heterocycles. The summed E-state index contributed by atoms with van der Waals surface area (Å²) in [5.41, 5.74) is 0. The highest BCUT2D eigenvalue weighted by Crippen LogP contribution is 2.23. The van der Waals surface area contributed by atoms with Gasteiger partial charge in [0.05, 0.1) is 0 Å². The van der Waals surface area contributed by atoms with Crippen molar-refractivity contribution in [2.45, 2.75) is 11.4 Å².